The quantitative estimate of drug-likeness (QED) is 0.841. The minimum atomic E-state index is -0.186. The molecule has 1 unspecified atom stereocenters. The van der Waals surface area contributed by atoms with Crippen LogP contribution >= 0.6 is 11.3 Å². The monoisotopic (exact) mass is 281 g/mol. The lowest BCUT2D eigenvalue weighted by Gasteiger charge is -2.31. The third kappa shape index (κ3) is 4.57. The molecule has 0 bridgehead atoms. The maximum atomic E-state index is 10.4. The molecule has 1 heterocycles. The molecule has 1 aromatic rings. The second-order valence-electron chi connectivity index (χ2n) is 6.05. The summed E-state index contributed by atoms with van der Waals surface area (Å²) in [4.78, 5) is 4.46. The molecule has 0 amide bonds. The summed E-state index contributed by atoms with van der Waals surface area (Å²) < 4.78 is 0. The lowest BCUT2D eigenvalue weighted by atomic mass is 9.77. The summed E-state index contributed by atoms with van der Waals surface area (Å²) in [7, 11) is 0. The second-order valence-corrected chi connectivity index (χ2v) is 7.11. The average Bonchev–Trinajstić information content (AvgIpc) is 2.82. The van der Waals surface area contributed by atoms with Crippen molar-refractivity contribution in [2.24, 2.45) is 11.8 Å². The van der Waals surface area contributed by atoms with E-state index in [1.165, 1.54) is 44.9 Å². The van der Waals surface area contributed by atoms with Gasteiger partial charge in [0.1, 0.15) is 0 Å². The normalized spacial score (nSPS) is 25.4. The van der Waals surface area contributed by atoms with E-state index in [0.717, 1.165) is 23.0 Å². The van der Waals surface area contributed by atoms with Crippen LogP contribution in [-0.2, 0) is 6.42 Å². The highest BCUT2D eigenvalue weighted by atomic mass is 32.1. The van der Waals surface area contributed by atoms with Crippen molar-refractivity contribution in [2.45, 2.75) is 71.3 Å². The van der Waals surface area contributed by atoms with Crippen molar-refractivity contribution in [1.82, 2.24) is 4.98 Å². The van der Waals surface area contributed by atoms with Crippen LogP contribution in [0.1, 0.15) is 62.6 Å². The highest BCUT2D eigenvalue weighted by Crippen LogP contribution is 2.34. The van der Waals surface area contributed by atoms with Crippen molar-refractivity contribution >= 4 is 11.3 Å². The first-order valence-electron chi connectivity index (χ1n) is 7.78. The Morgan fingerprint density at radius 2 is 2.11 bits per heavy atom. The molecule has 0 aliphatic heterocycles. The van der Waals surface area contributed by atoms with Gasteiger partial charge in [0, 0.05) is 11.8 Å². The smallest absolute Gasteiger partial charge is 0.0897 e. The molecule has 1 atom stereocenters. The molecule has 0 saturated heterocycles. The fraction of sp³-hybridized carbons (Fsp3) is 0.812. The molecule has 1 fully saturated rings. The fourth-order valence-electron chi connectivity index (χ4n) is 3.24. The number of rotatable bonds is 6. The number of nitrogens with zero attached hydrogens (tertiary/aromatic N) is 1. The summed E-state index contributed by atoms with van der Waals surface area (Å²) in [6.07, 6.45) is 9.68. The van der Waals surface area contributed by atoms with Gasteiger partial charge in [-0.15, -0.1) is 11.3 Å². The van der Waals surface area contributed by atoms with E-state index < -0.39 is 0 Å². The zero-order valence-corrected chi connectivity index (χ0v) is 13.1. The van der Waals surface area contributed by atoms with Gasteiger partial charge in [0.15, 0.2) is 0 Å². The van der Waals surface area contributed by atoms with Crippen LogP contribution in [0.3, 0.4) is 0 Å². The van der Waals surface area contributed by atoms with Crippen LogP contribution in [0.25, 0.3) is 0 Å². The van der Waals surface area contributed by atoms with E-state index in [2.05, 4.69) is 17.3 Å². The van der Waals surface area contributed by atoms with Gasteiger partial charge in [-0.2, -0.15) is 0 Å². The summed E-state index contributed by atoms with van der Waals surface area (Å²) in [6.45, 7) is 4.30. The molecule has 0 spiro atoms. The van der Waals surface area contributed by atoms with Gasteiger partial charge in [-0.3, -0.25) is 0 Å². The summed E-state index contributed by atoms with van der Waals surface area (Å²) >= 11 is 1.68. The van der Waals surface area contributed by atoms with Crippen molar-refractivity contribution in [3.8, 4) is 0 Å². The van der Waals surface area contributed by atoms with Crippen LogP contribution in [0.4, 0.5) is 0 Å². The minimum absolute atomic E-state index is 0.186. The molecule has 2 nitrogen and oxygen atoms in total. The summed E-state index contributed by atoms with van der Waals surface area (Å²) in [5, 5.41) is 13.6. The Bertz CT molecular complexity index is 369. The number of thiazole rings is 1. The van der Waals surface area contributed by atoms with Crippen molar-refractivity contribution in [3.05, 3.63) is 16.1 Å². The predicted molar refractivity (Wildman–Crippen MR) is 81.5 cm³/mol. The van der Waals surface area contributed by atoms with Crippen molar-refractivity contribution in [2.75, 3.05) is 0 Å². The number of hydrogen-bond donors (Lipinski definition) is 1. The molecular formula is C16H27NOS. The third-order valence-corrected chi connectivity index (χ3v) is 5.31. The molecule has 2 rings (SSSR count). The number of aromatic nitrogens is 1. The maximum Gasteiger partial charge on any atom is 0.0897 e. The number of unbranched alkanes of at least 4 members (excludes halogenated alkanes) is 1. The van der Waals surface area contributed by atoms with Crippen LogP contribution in [0.15, 0.2) is 5.38 Å². The fourth-order valence-corrected chi connectivity index (χ4v) is 3.86. The number of aliphatic hydroxyl groups is 1. The van der Waals surface area contributed by atoms with Crippen LogP contribution < -0.4 is 0 Å². The van der Waals surface area contributed by atoms with Gasteiger partial charge in [0.25, 0.3) is 0 Å². The number of aryl methyl sites for hydroxylation is 1. The van der Waals surface area contributed by atoms with Gasteiger partial charge in [-0.05, 0) is 31.6 Å². The topological polar surface area (TPSA) is 33.1 Å². The van der Waals surface area contributed by atoms with Gasteiger partial charge in [-0.25, -0.2) is 4.98 Å². The first-order valence-corrected chi connectivity index (χ1v) is 8.66. The van der Waals surface area contributed by atoms with Gasteiger partial charge < -0.3 is 5.11 Å². The van der Waals surface area contributed by atoms with Crippen molar-refractivity contribution in [3.63, 3.8) is 0 Å². The predicted octanol–water partition coefficient (Wildman–Crippen LogP) is 4.35. The van der Waals surface area contributed by atoms with Crippen molar-refractivity contribution in [1.29, 1.82) is 0 Å². The number of hydrogen-bond acceptors (Lipinski definition) is 3. The Labute approximate surface area is 121 Å². The summed E-state index contributed by atoms with van der Waals surface area (Å²) in [5.41, 5.74) is 1.07. The van der Waals surface area contributed by atoms with Crippen LogP contribution in [0.5, 0.6) is 0 Å². The Balaban J connectivity index is 1.74. The SMILES string of the molecule is CCCCC1CCC(C(O)Cc2csc(C)n2)CC1. The van der Waals surface area contributed by atoms with Crippen molar-refractivity contribution < 1.29 is 5.11 Å². The Hall–Kier alpha value is -0.410. The molecule has 1 aliphatic carbocycles. The number of aliphatic hydroxyl groups excluding tert-OH is 1. The first-order chi connectivity index (χ1) is 9.19. The third-order valence-electron chi connectivity index (χ3n) is 4.49. The molecule has 108 valence electrons. The van der Waals surface area contributed by atoms with E-state index >= 15 is 0 Å². The van der Waals surface area contributed by atoms with Gasteiger partial charge >= 0.3 is 0 Å². The molecular weight excluding hydrogens is 254 g/mol. The standard InChI is InChI=1S/C16H27NOS/c1-3-4-5-13-6-8-14(9-7-13)16(18)10-15-11-19-12(2)17-15/h11,13-14,16,18H,3-10H2,1-2H3. The largest absolute Gasteiger partial charge is 0.392 e. The van der Waals surface area contributed by atoms with Crippen LogP contribution in [0.2, 0.25) is 0 Å². The Morgan fingerprint density at radius 3 is 2.68 bits per heavy atom. The molecule has 0 aromatic carbocycles. The van der Waals surface area contributed by atoms with E-state index in [1.54, 1.807) is 11.3 Å². The van der Waals surface area contributed by atoms with E-state index in [0.29, 0.717) is 5.92 Å². The van der Waals surface area contributed by atoms with E-state index in [9.17, 15) is 5.11 Å². The van der Waals surface area contributed by atoms with Gasteiger partial charge in [0.05, 0.1) is 16.8 Å². The molecule has 1 saturated carbocycles. The lowest BCUT2D eigenvalue weighted by Crippen LogP contribution is -2.27. The second kappa shape index (κ2) is 7.39. The van der Waals surface area contributed by atoms with Gasteiger partial charge in [-0.1, -0.05) is 39.0 Å². The van der Waals surface area contributed by atoms with Gasteiger partial charge in [0.2, 0.25) is 0 Å². The maximum absolute atomic E-state index is 10.4. The molecule has 19 heavy (non-hydrogen) atoms. The summed E-state index contributed by atoms with van der Waals surface area (Å²) in [6, 6.07) is 0. The molecule has 0 radical (unpaired) electrons. The zero-order chi connectivity index (χ0) is 13.7. The zero-order valence-electron chi connectivity index (χ0n) is 12.3. The first kappa shape index (κ1) is 15.0. The molecule has 1 N–H and O–H groups in total. The molecule has 1 aliphatic rings. The van der Waals surface area contributed by atoms with E-state index in [4.69, 9.17) is 0 Å². The Morgan fingerprint density at radius 1 is 1.37 bits per heavy atom. The Kier molecular flexibility index (Phi) is 5.83. The molecule has 3 heteroatoms. The summed E-state index contributed by atoms with van der Waals surface area (Å²) in [5.74, 6) is 1.42. The van der Waals surface area contributed by atoms with E-state index in [1.807, 2.05) is 6.92 Å². The average molecular weight is 281 g/mol. The van der Waals surface area contributed by atoms with E-state index in [-0.39, 0.29) is 6.10 Å². The highest BCUT2D eigenvalue weighted by Gasteiger charge is 2.26. The van der Waals surface area contributed by atoms with Crippen LogP contribution in [-0.4, -0.2) is 16.2 Å². The minimum Gasteiger partial charge on any atom is -0.392 e. The lowest BCUT2D eigenvalue weighted by molar-refractivity contribution is 0.0720. The molecule has 1 aromatic heterocycles. The van der Waals surface area contributed by atoms with Crippen LogP contribution in [0, 0.1) is 18.8 Å². The highest BCUT2D eigenvalue weighted by molar-refractivity contribution is 7.09.